The van der Waals surface area contributed by atoms with Gasteiger partial charge in [0.2, 0.25) is 0 Å². The summed E-state index contributed by atoms with van der Waals surface area (Å²) >= 11 is -0.430. The van der Waals surface area contributed by atoms with E-state index in [1.54, 1.807) is 0 Å². The zero-order valence-corrected chi connectivity index (χ0v) is 6.04. The molecule has 1 nitrogen and oxygen atoms in total. The molecule has 0 spiro atoms. The van der Waals surface area contributed by atoms with E-state index < -0.39 is 11.2 Å². The van der Waals surface area contributed by atoms with Gasteiger partial charge in [0.1, 0.15) is 11.0 Å². The first-order valence-electron chi connectivity index (χ1n) is 3.21. The quantitative estimate of drug-likeness (QED) is 0.519. The van der Waals surface area contributed by atoms with Gasteiger partial charge in [0.15, 0.2) is 0 Å². The minimum Gasteiger partial charge on any atom is -0.616 e. The summed E-state index contributed by atoms with van der Waals surface area (Å²) in [7, 11) is 0. The molecule has 0 saturated carbocycles. The van der Waals surface area contributed by atoms with Gasteiger partial charge < -0.3 is 4.55 Å². The predicted molar refractivity (Wildman–Crippen MR) is 36.3 cm³/mol. The van der Waals surface area contributed by atoms with Crippen molar-refractivity contribution < 1.29 is 4.55 Å². The van der Waals surface area contributed by atoms with E-state index in [0.717, 1.165) is 5.75 Å². The van der Waals surface area contributed by atoms with Crippen LogP contribution in [-0.4, -0.2) is 15.6 Å². The molecule has 1 saturated heterocycles. The van der Waals surface area contributed by atoms with Crippen LogP contribution < -0.4 is 0 Å². The Morgan fingerprint density at radius 3 is 2.62 bits per heavy atom. The van der Waals surface area contributed by atoms with Gasteiger partial charge in [-0.2, -0.15) is 0 Å². The fourth-order valence-electron chi connectivity index (χ4n) is 0.979. The molecule has 48 valence electrons. The first-order valence-corrected chi connectivity index (χ1v) is 4.60. The molecule has 0 aromatic rings. The Kier molecular flexibility index (Phi) is 2.20. The molecule has 1 aliphatic rings. The standard InChI is InChI=1S/C6H12OS/c1-2-3-6-4-5-8(6)7/h6H,2-5H2,1H3. The SMILES string of the molecule is CCCC1CC[S+]1[O-]. The van der Waals surface area contributed by atoms with Gasteiger partial charge in [0.25, 0.3) is 0 Å². The molecule has 2 atom stereocenters. The van der Waals surface area contributed by atoms with Gasteiger partial charge in [-0.05, 0) is 6.42 Å². The van der Waals surface area contributed by atoms with Crippen LogP contribution in [0.3, 0.4) is 0 Å². The van der Waals surface area contributed by atoms with E-state index >= 15 is 0 Å². The van der Waals surface area contributed by atoms with E-state index in [0.29, 0.717) is 5.25 Å². The summed E-state index contributed by atoms with van der Waals surface area (Å²) in [6.45, 7) is 2.15. The van der Waals surface area contributed by atoms with Crippen molar-refractivity contribution in [3.8, 4) is 0 Å². The molecule has 1 aliphatic heterocycles. The number of rotatable bonds is 2. The van der Waals surface area contributed by atoms with Crippen LogP contribution in [0.1, 0.15) is 26.2 Å². The lowest BCUT2D eigenvalue weighted by Crippen LogP contribution is -2.36. The molecule has 1 fully saturated rings. The third kappa shape index (κ3) is 1.17. The smallest absolute Gasteiger partial charge is 0.120 e. The van der Waals surface area contributed by atoms with E-state index in [9.17, 15) is 4.55 Å². The average molecular weight is 132 g/mol. The highest BCUT2D eigenvalue weighted by atomic mass is 32.2. The molecule has 0 aliphatic carbocycles. The predicted octanol–water partition coefficient (Wildman–Crippen LogP) is 1.31. The van der Waals surface area contributed by atoms with Crippen molar-refractivity contribution in [2.45, 2.75) is 31.4 Å². The molecule has 0 bridgehead atoms. The highest BCUT2D eigenvalue weighted by Gasteiger charge is 2.31. The fourth-order valence-corrected chi connectivity index (χ4v) is 2.24. The molecule has 0 amide bonds. The van der Waals surface area contributed by atoms with Crippen LogP contribution in [0.4, 0.5) is 0 Å². The maximum Gasteiger partial charge on any atom is 0.120 e. The van der Waals surface area contributed by atoms with Gasteiger partial charge in [-0.1, -0.05) is 24.5 Å². The highest BCUT2D eigenvalue weighted by Crippen LogP contribution is 2.24. The van der Waals surface area contributed by atoms with Crippen molar-refractivity contribution in [2.24, 2.45) is 0 Å². The van der Waals surface area contributed by atoms with Gasteiger partial charge in [-0.15, -0.1) is 0 Å². The van der Waals surface area contributed by atoms with E-state index in [2.05, 4.69) is 6.92 Å². The lowest BCUT2D eigenvalue weighted by Gasteiger charge is -2.29. The molecule has 1 heterocycles. The maximum atomic E-state index is 10.7. The number of hydrogen-bond donors (Lipinski definition) is 0. The van der Waals surface area contributed by atoms with Crippen molar-refractivity contribution in [3.63, 3.8) is 0 Å². The van der Waals surface area contributed by atoms with E-state index in [1.165, 1.54) is 19.3 Å². The van der Waals surface area contributed by atoms with E-state index in [4.69, 9.17) is 0 Å². The zero-order chi connectivity index (χ0) is 5.98. The summed E-state index contributed by atoms with van der Waals surface area (Å²) in [5.74, 6) is 0.963. The van der Waals surface area contributed by atoms with Gasteiger partial charge in [-0.25, -0.2) is 0 Å². The normalized spacial score (nSPS) is 36.8. The van der Waals surface area contributed by atoms with Gasteiger partial charge in [0, 0.05) is 6.42 Å². The molecule has 0 aromatic carbocycles. The summed E-state index contributed by atoms with van der Waals surface area (Å²) in [5, 5.41) is 0.569. The van der Waals surface area contributed by atoms with E-state index in [1.807, 2.05) is 0 Å². The molecule has 0 radical (unpaired) electrons. The van der Waals surface area contributed by atoms with Gasteiger partial charge in [-0.3, -0.25) is 0 Å². The first kappa shape index (κ1) is 6.43. The number of hydrogen-bond acceptors (Lipinski definition) is 1. The van der Waals surface area contributed by atoms with Crippen LogP contribution in [0.15, 0.2) is 0 Å². The molecule has 2 heteroatoms. The van der Waals surface area contributed by atoms with Crippen LogP contribution >= 0.6 is 0 Å². The lowest BCUT2D eigenvalue weighted by atomic mass is 10.2. The largest absolute Gasteiger partial charge is 0.616 e. The zero-order valence-electron chi connectivity index (χ0n) is 5.22. The van der Waals surface area contributed by atoms with Crippen LogP contribution in [0.25, 0.3) is 0 Å². The van der Waals surface area contributed by atoms with Crippen LogP contribution in [0.2, 0.25) is 0 Å². The maximum absolute atomic E-state index is 10.7. The molecular weight excluding hydrogens is 120 g/mol. The Morgan fingerprint density at radius 2 is 2.50 bits per heavy atom. The first-order chi connectivity index (χ1) is 3.84. The van der Waals surface area contributed by atoms with Crippen molar-refractivity contribution in [2.75, 3.05) is 5.75 Å². The van der Waals surface area contributed by atoms with Gasteiger partial charge >= 0.3 is 0 Å². The monoisotopic (exact) mass is 132 g/mol. The molecule has 0 aromatic heterocycles. The van der Waals surface area contributed by atoms with Crippen LogP contribution in [0, 0.1) is 0 Å². The van der Waals surface area contributed by atoms with Crippen LogP contribution in [-0.2, 0) is 11.2 Å². The fraction of sp³-hybridized carbons (Fsp3) is 1.00. The van der Waals surface area contributed by atoms with E-state index in [-0.39, 0.29) is 0 Å². The molecule has 0 N–H and O–H groups in total. The second kappa shape index (κ2) is 2.74. The Morgan fingerprint density at radius 1 is 1.75 bits per heavy atom. The third-order valence-electron chi connectivity index (χ3n) is 1.62. The van der Waals surface area contributed by atoms with Crippen molar-refractivity contribution >= 4 is 11.2 Å². The highest BCUT2D eigenvalue weighted by molar-refractivity contribution is 7.93. The lowest BCUT2D eigenvalue weighted by molar-refractivity contribution is 0.532. The Balaban J connectivity index is 2.08. The minimum atomic E-state index is -0.430. The Bertz CT molecular complexity index is 74.9. The second-order valence-corrected chi connectivity index (χ2v) is 4.12. The van der Waals surface area contributed by atoms with Gasteiger partial charge in [0.05, 0.1) is 0 Å². The van der Waals surface area contributed by atoms with Crippen LogP contribution in [0.5, 0.6) is 0 Å². The summed E-state index contributed by atoms with van der Waals surface area (Å²) in [4.78, 5) is 0. The van der Waals surface area contributed by atoms with Crippen molar-refractivity contribution in [1.82, 2.24) is 0 Å². The molecule has 1 rings (SSSR count). The molecular formula is C6H12OS. The minimum absolute atomic E-state index is 0.430. The summed E-state index contributed by atoms with van der Waals surface area (Å²) in [6.07, 6.45) is 3.57. The summed E-state index contributed by atoms with van der Waals surface area (Å²) in [6, 6.07) is 0. The second-order valence-electron chi connectivity index (χ2n) is 2.28. The Labute approximate surface area is 53.7 Å². The summed E-state index contributed by atoms with van der Waals surface area (Å²) in [5.41, 5.74) is 0. The topological polar surface area (TPSA) is 23.1 Å². The average Bonchev–Trinajstić information content (AvgIpc) is 1.79. The molecule has 8 heavy (non-hydrogen) atoms. The van der Waals surface area contributed by atoms with Crippen molar-refractivity contribution in [1.29, 1.82) is 0 Å². The van der Waals surface area contributed by atoms with Crippen molar-refractivity contribution in [3.05, 3.63) is 0 Å². The third-order valence-corrected chi connectivity index (χ3v) is 3.48. The molecule has 2 unspecified atom stereocenters. The summed E-state index contributed by atoms with van der Waals surface area (Å²) < 4.78 is 10.7. The Hall–Kier alpha value is 0.310.